The van der Waals surface area contributed by atoms with E-state index in [1.807, 2.05) is 25.4 Å². The summed E-state index contributed by atoms with van der Waals surface area (Å²) in [4.78, 5) is 20.9. The van der Waals surface area contributed by atoms with E-state index < -0.39 is 0 Å². The molecule has 1 aliphatic heterocycles. The molecule has 6 rings (SSSR count). The average Bonchev–Trinajstić information content (AvgIpc) is 3.34. The number of nitrogens with zero attached hydrogens (tertiary/aromatic N) is 8. The van der Waals surface area contributed by atoms with E-state index in [0.717, 1.165) is 40.6 Å². The maximum absolute atomic E-state index is 4.93. The van der Waals surface area contributed by atoms with Crippen LogP contribution in [-0.2, 0) is 5.54 Å². The number of nitrogens with one attached hydrogen (secondary N) is 1. The normalized spacial score (nSPS) is 18.3. The first-order valence-electron chi connectivity index (χ1n) is 10.7. The molecular formula is C21H25N9. The smallest absolute Gasteiger partial charge is 0.229 e. The van der Waals surface area contributed by atoms with E-state index >= 15 is 0 Å². The summed E-state index contributed by atoms with van der Waals surface area (Å²) in [6, 6.07) is 2.00. The third-order valence-corrected chi connectivity index (χ3v) is 6.63. The van der Waals surface area contributed by atoms with Gasteiger partial charge in [-0.25, -0.2) is 19.5 Å². The molecule has 0 radical (unpaired) electrons. The Bertz CT molecular complexity index is 1250. The van der Waals surface area contributed by atoms with E-state index in [-0.39, 0.29) is 5.54 Å². The Morgan fingerprint density at radius 2 is 1.90 bits per heavy atom. The van der Waals surface area contributed by atoms with Crippen molar-refractivity contribution >= 4 is 34.4 Å². The standard InChI is InChI=1S/C21H25N9/c1-14-9-17-23-13-24-29(17)11-16(14)25-19-22-10-15-18(27-19)30-20(26-15)28(2)12-21(30)7-5-3-4-6-8-21/h9-11,13H,3-8,12H2,1-2H3,(H,22,25,27). The van der Waals surface area contributed by atoms with Crippen LogP contribution in [0, 0.1) is 6.92 Å². The van der Waals surface area contributed by atoms with Crippen molar-refractivity contribution in [3.63, 3.8) is 0 Å². The van der Waals surface area contributed by atoms with Gasteiger partial charge >= 0.3 is 0 Å². The molecule has 0 amide bonds. The van der Waals surface area contributed by atoms with Gasteiger partial charge in [0.1, 0.15) is 11.8 Å². The second kappa shape index (κ2) is 6.38. The van der Waals surface area contributed by atoms with E-state index in [0.29, 0.717) is 5.95 Å². The highest BCUT2D eigenvalue weighted by Gasteiger charge is 2.43. The highest BCUT2D eigenvalue weighted by molar-refractivity contribution is 5.77. The molecule has 1 spiro atoms. The van der Waals surface area contributed by atoms with Crippen LogP contribution in [0.1, 0.15) is 44.1 Å². The van der Waals surface area contributed by atoms with Crippen molar-refractivity contribution in [1.82, 2.24) is 34.1 Å². The van der Waals surface area contributed by atoms with Gasteiger partial charge in [-0.05, 0) is 31.4 Å². The summed E-state index contributed by atoms with van der Waals surface area (Å²) in [6.45, 7) is 3.06. The zero-order valence-electron chi connectivity index (χ0n) is 17.3. The van der Waals surface area contributed by atoms with Crippen LogP contribution in [0.4, 0.5) is 17.6 Å². The van der Waals surface area contributed by atoms with Gasteiger partial charge in [0.2, 0.25) is 11.9 Å². The highest BCUT2D eigenvalue weighted by atomic mass is 15.4. The number of likely N-dealkylation sites (N-methyl/N-ethyl adjacent to an activating group) is 1. The number of rotatable bonds is 2. The van der Waals surface area contributed by atoms with E-state index in [2.05, 4.69) is 36.9 Å². The predicted molar refractivity (Wildman–Crippen MR) is 115 cm³/mol. The molecule has 0 unspecified atom stereocenters. The first-order valence-corrected chi connectivity index (χ1v) is 10.7. The minimum atomic E-state index is 0.0938. The van der Waals surface area contributed by atoms with E-state index in [9.17, 15) is 0 Å². The van der Waals surface area contributed by atoms with E-state index in [1.165, 1.54) is 38.5 Å². The zero-order valence-corrected chi connectivity index (χ0v) is 17.3. The van der Waals surface area contributed by atoms with Gasteiger partial charge in [0.05, 0.1) is 23.6 Å². The van der Waals surface area contributed by atoms with Crippen LogP contribution in [0.3, 0.4) is 0 Å². The molecule has 154 valence electrons. The van der Waals surface area contributed by atoms with Crippen molar-refractivity contribution in [3.8, 4) is 0 Å². The van der Waals surface area contributed by atoms with Crippen molar-refractivity contribution in [2.45, 2.75) is 51.0 Å². The number of hydrogen-bond acceptors (Lipinski definition) is 7. The Morgan fingerprint density at radius 1 is 1.07 bits per heavy atom. The van der Waals surface area contributed by atoms with Gasteiger partial charge in [0.15, 0.2) is 11.3 Å². The number of hydrogen-bond donors (Lipinski definition) is 1. The predicted octanol–water partition coefficient (Wildman–Crippen LogP) is 3.42. The molecule has 1 aliphatic carbocycles. The molecule has 0 aromatic carbocycles. The summed E-state index contributed by atoms with van der Waals surface area (Å²) < 4.78 is 4.15. The molecule has 2 aliphatic rings. The van der Waals surface area contributed by atoms with Crippen LogP contribution in [0.15, 0.2) is 24.8 Å². The minimum Gasteiger partial charge on any atom is -0.343 e. The summed E-state index contributed by atoms with van der Waals surface area (Å²) in [6.07, 6.45) is 12.8. The molecule has 9 nitrogen and oxygen atoms in total. The molecule has 4 aromatic heterocycles. The van der Waals surface area contributed by atoms with Gasteiger partial charge in [0.25, 0.3) is 0 Å². The molecule has 0 bridgehead atoms. The molecule has 5 heterocycles. The fraction of sp³-hybridized carbons (Fsp3) is 0.476. The molecular weight excluding hydrogens is 378 g/mol. The third-order valence-electron chi connectivity index (χ3n) is 6.63. The molecule has 0 atom stereocenters. The van der Waals surface area contributed by atoms with Gasteiger partial charge in [-0.3, -0.25) is 4.57 Å². The summed E-state index contributed by atoms with van der Waals surface area (Å²) >= 11 is 0. The molecule has 1 N–H and O–H groups in total. The number of anilines is 3. The number of aryl methyl sites for hydroxylation is 1. The highest BCUT2D eigenvalue weighted by Crippen LogP contribution is 2.44. The maximum Gasteiger partial charge on any atom is 0.229 e. The summed E-state index contributed by atoms with van der Waals surface area (Å²) in [7, 11) is 2.14. The van der Waals surface area contributed by atoms with Gasteiger partial charge in [-0.1, -0.05) is 25.7 Å². The fourth-order valence-electron chi connectivity index (χ4n) is 5.18. The molecule has 1 saturated carbocycles. The lowest BCUT2D eigenvalue weighted by Crippen LogP contribution is -2.35. The Hall–Kier alpha value is -3.23. The first-order chi connectivity index (χ1) is 14.6. The summed E-state index contributed by atoms with van der Waals surface area (Å²) in [5.41, 5.74) is 4.67. The largest absolute Gasteiger partial charge is 0.343 e. The van der Waals surface area contributed by atoms with E-state index in [4.69, 9.17) is 9.97 Å². The summed E-state index contributed by atoms with van der Waals surface area (Å²) in [5.74, 6) is 1.59. The van der Waals surface area contributed by atoms with Crippen molar-refractivity contribution < 1.29 is 0 Å². The monoisotopic (exact) mass is 403 g/mol. The molecule has 30 heavy (non-hydrogen) atoms. The fourth-order valence-corrected chi connectivity index (χ4v) is 5.18. The lowest BCUT2D eigenvalue weighted by atomic mass is 9.90. The van der Waals surface area contributed by atoms with Crippen molar-refractivity contribution in [3.05, 3.63) is 30.4 Å². The Kier molecular flexibility index (Phi) is 3.75. The third kappa shape index (κ3) is 2.57. The number of aromatic nitrogens is 7. The Labute approximate surface area is 174 Å². The van der Waals surface area contributed by atoms with E-state index in [1.54, 1.807) is 10.8 Å². The SMILES string of the molecule is Cc1cc2ncnn2cc1Nc1ncc2nc3n(c2n1)C1(CCCCCC1)CN3C. The van der Waals surface area contributed by atoms with Crippen LogP contribution in [-0.4, -0.2) is 47.7 Å². The van der Waals surface area contributed by atoms with Crippen molar-refractivity contribution in [2.24, 2.45) is 0 Å². The number of imidazole rings is 1. The molecule has 4 aromatic rings. The van der Waals surface area contributed by atoms with Crippen LogP contribution in [0.2, 0.25) is 0 Å². The second-order valence-corrected chi connectivity index (χ2v) is 8.70. The van der Waals surface area contributed by atoms with Crippen LogP contribution in [0.5, 0.6) is 0 Å². The van der Waals surface area contributed by atoms with Crippen LogP contribution in [0.25, 0.3) is 16.8 Å². The number of pyridine rings is 1. The lowest BCUT2D eigenvalue weighted by Gasteiger charge is -2.30. The molecule has 1 fully saturated rings. The van der Waals surface area contributed by atoms with Gasteiger partial charge in [-0.2, -0.15) is 10.1 Å². The van der Waals surface area contributed by atoms with Crippen LogP contribution >= 0.6 is 0 Å². The minimum absolute atomic E-state index is 0.0938. The van der Waals surface area contributed by atoms with Crippen molar-refractivity contribution in [2.75, 3.05) is 23.8 Å². The molecule has 0 saturated heterocycles. The van der Waals surface area contributed by atoms with Crippen molar-refractivity contribution in [1.29, 1.82) is 0 Å². The van der Waals surface area contributed by atoms with Crippen LogP contribution < -0.4 is 10.2 Å². The number of fused-ring (bicyclic) bond motifs is 5. The quantitative estimate of drug-likeness (QED) is 0.548. The first kappa shape index (κ1) is 17.6. The van der Waals surface area contributed by atoms with Gasteiger partial charge in [-0.15, -0.1) is 0 Å². The van der Waals surface area contributed by atoms with Gasteiger partial charge < -0.3 is 10.2 Å². The molecule has 9 heteroatoms. The second-order valence-electron chi connectivity index (χ2n) is 8.70. The Morgan fingerprint density at radius 3 is 2.73 bits per heavy atom. The average molecular weight is 403 g/mol. The maximum atomic E-state index is 4.93. The topological polar surface area (TPSA) is 89.1 Å². The lowest BCUT2D eigenvalue weighted by molar-refractivity contribution is 0.290. The summed E-state index contributed by atoms with van der Waals surface area (Å²) in [5, 5.41) is 7.61. The Balaban J connectivity index is 1.44. The zero-order chi connectivity index (χ0) is 20.3. The van der Waals surface area contributed by atoms with Gasteiger partial charge in [0, 0.05) is 13.6 Å².